The van der Waals surface area contributed by atoms with Crippen LogP contribution in [0.5, 0.6) is 11.5 Å². The number of likely N-dealkylation sites (N-methyl/N-ethyl adjacent to an activating group) is 2. The van der Waals surface area contributed by atoms with E-state index in [1.165, 1.54) is 24.3 Å². The predicted molar refractivity (Wildman–Crippen MR) is 548 cm³/mol. The third-order valence-electron chi connectivity index (χ3n) is 25.7. The summed E-state index contributed by atoms with van der Waals surface area (Å²) in [5.74, 6) is -3.44. The molecule has 144 heavy (non-hydrogen) atoms. The van der Waals surface area contributed by atoms with Crippen LogP contribution in [-0.2, 0) is 38.4 Å². The number of aromatic amines is 2. The van der Waals surface area contributed by atoms with Gasteiger partial charge in [-0.2, -0.15) is 0 Å². The van der Waals surface area contributed by atoms with Gasteiger partial charge in [0, 0.05) is 257 Å². The smallest absolute Gasteiger partial charge is 0.409 e. The number of imide groups is 2. The van der Waals surface area contributed by atoms with Gasteiger partial charge < -0.3 is 113 Å². The maximum atomic E-state index is 14.4. The molecule has 4 atom stereocenters. The number of urea groups is 2. The maximum absolute atomic E-state index is 14.4. The van der Waals surface area contributed by atoms with Crippen LogP contribution >= 0.6 is 27.5 Å². The van der Waals surface area contributed by atoms with Gasteiger partial charge in [0.25, 0.3) is 47.3 Å². The van der Waals surface area contributed by atoms with Gasteiger partial charge in [0.2, 0.25) is 23.6 Å². The highest BCUT2D eigenvalue weighted by Gasteiger charge is 2.40. The van der Waals surface area contributed by atoms with Crippen LogP contribution in [0.1, 0.15) is 116 Å². The monoisotopic (exact) mass is 2050 g/mol. The third-order valence-corrected chi connectivity index (χ3v) is 26.9. The van der Waals surface area contributed by atoms with Gasteiger partial charge in [0.15, 0.2) is 0 Å². The van der Waals surface area contributed by atoms with Gasteiger partial charge in [-0.15, -0.1) is 11.6 Å². The molecule has 42 heteroatoms. The number of amides is 18. The van der Waals surface area contributed by atoms with E-state index in [4.69, 9.17) is 32.5 Å². The first-order valence-electron chi connectivity index (χ1n) is 47.5. The highest BCUT2D eigenvalue weighted by atomic mass is 79.9. The number of rotatable bonds is 38. The van der Waals surface area contributed by atoms with Crippen LogP contribution in [-0.4, -0.2) is 290 Å². The minimum atomic E-state index is -0.718. The number of primary amides is 2. The molecule has 0 radical (unpaired) electrons. The Labute approximate surface area is 840 Å². The number of nitrogens with one attached hydrogen (secondary N) is 12. The summed E-state index contributed by atoms with van der Waals surface area (Å²) in [6, 6.07) is 42.9. The molecule has 16 rings (SSSR count). The molecule has 2 fully saturated rings. The molecular formula is C102H112BrClN22O18. The topological polar surface area (TPSA) is 521 Å². The first kappa shape index (κ1) is 103. The van der Waals surface area contributed by atoms with E-state index >= 15 is 0 Å². The molecule has 6 aliphatic heterocycles. The van der Waals surface area contributed by atoms with Crippen molar-refractivity contribution in [2.75, 3.05) is 174 Å². The van der Waals surface area contributed by atoms with Crippen LogP contribution in [0.2, 0.25) is 0 Å². The number of ether oxygens (including phenoxy) is 2. The third kappa shape index (κ3) is 25.7. The van der Waals surface area contributed by atoms with Crippen LogP contribution in [0.15, 0.2) is 182 Å². The molecule has 0 spiro atoms. The van der Waals surface area contributed by atoms with Gasteiger partial charge >= 0.3 is 24.2 Å². The number of carbonyl (C=O) groups is 16. The van der Waals surface area contributed by atoms with Crippen LogP contribution in [0.3, 0.4) is 0 Å². The minimum Gasteiger partial charge on any atom is -0.409 e. The predicted octanol–water partition coefficient (Wildman–Crippen LogP) is 9.09. The number of alkyl halides is 2. The normalized spacial score (nSPS) is 16.0. The molecule has 0 unspecified atom stereocenters. The Hall–Kier alpha value is -15.4. The Balaban J connectivity index is 0.000000217. The zero-order chi connectivity index (χ0) is 102. The molecule has 2 saturated heterocycles. The summed E-state index contributed by atoms with van der Waals surface area (Å²) in [7, 11) is 4.03. The molecule has 16 N–H and O–H groups in total. The summed E-state index contributed by atoms with van der Waals surface area (Å²) >= 11 is 10.2. The highest BCUT2D eigenvalue weighted by Crippen LogP contribution is 2.49. The number of carbonyl (C=O) groups excluding carboxylic acids is 16. The molecule has 10 aromatic rings. The zero-order valence-electron chi connectivity index (χ0n) is 79.3. The Morgan fingerprint density at radius 2 is 0.806 bits per heavy atom. The molecule has 0 aliphatic carbocycles. The van der Waals surface area contributed by atoms with Crippen molar-refractivity contribution in [2.24, 2.45) is 11.5 Å². The number of benzene rings is 8. The number of aromatic nitrogens is 2. The average molecular weight is 2050 g/mol. The lowest BCUT2D eigenvalue weighted by molar-refractivity contribution is -0.138. The molecular weight excluding hydrogens is 1940 g/mol. The average Bonchev–Trinajstić information content (AvgIpc) is 1.57. The first-order valence-corrected chi connectivity index (χ1v) is 49.2. The number of hydrogen-bond donors (Lipinski definition) is 14. The lowest BCUT2D eigenvalue weighted by Gasteiger charge is -2.31. The van der Waals surface area contributed by atoms with Crippen molar-refractivity contribution in [1.29, 1.82) is 0 Å². The van der Waals surface area contributed by atoms with Crippen molar-refractivity contribution in [1.82, 2.24) is 71.3 Å². The number of fused-ring (bicyclic) bond motifs is 8. The molecule has 0 saturated carbocycles. The van der Waals surface area contributed by atoms with Gasteiger partial charge in [-0.05, 0) is 172 Å². The molecule has 2 aromatic heterocycles. The fourth-order valence-corrected chi connectivity index (χ4v) is 18.8. The fourth-order valence-electron chi connectivity index (χ4n) is 18.0. The summed E-state index contributed by atoms with van der Waals surface area (Å²) in [6.07, 6.45) is 6.21. The SMILES string of the molecule is CN1CCN(C(=O)Oc2cc3c(c4ccccc24)[C@H](CBr)CN3C(=O)c2cc3cc(NC(=O)c4ccc(NC(=O)[C@H](CCCNC(N)=O)NCCNC(=O)CCCN5C(=O)C=CC5=O)cc4)ccc3[nH]2)CC1.CN1CCN(C(=O)Oc2cc3c(c4ccccc24)[C@H](CCl)CN3C(=O)c2cc3cc(NC(=O)c4ccc(NC(=O)[C@H](CCCNC(N)=O)NCCNC(=O)CCCN5C(=O)C=CC5=O)cc4)ccc3[nH]2)CC1. The zero-order valence-corrected chi connectivity index (χ0v) is 81.6. The molecule has 40 nitrogen and oxygen atoms in total. The molecule has 18 amide bonds. The fraction of sp³-hybridized carbons (Fsp3) is 0.333. The van der Waals surface area contributed by atoms with E-state index in [1.54, 1.807) is 129 Å². The first-order chi connectivity index (χ1) is 69.5. The number of anilines is 6. The molecule has 6 aliphatic rings. The van der Waals surface area contributed by atoms with Crippen molar-refractivity contribution in [3.63, 3.8) is 0 Å². The second-order valence-corrected chi connectivity index (χ2v) is 36.6. The standard InChI is InChI=1S/C51H56BrN11O9.C51H56ClN11O9/c2*1-60-22-24-61(25-23-60)51(71)72-42-28-41-46(37-7-3-2-6-36(37)42)33(29-52)30-63(41)49(69)40-27-32-26-35(14-15-38(32)59-40)58-47(67)31-10-12-34(13-11-31)57-48(68)39(8-4-18-56-50(53)70)54-19-20-55-43(64)9-5-21-62-44(65)16-17-45(62)66/h2*2-3,6-7,10-17,26-28,33,39,54,59H,4-5,8-9,18-25,29-30H2,1H3,(H,55,64)(H,57,68)(H,58,67)(H3,53,56,70)/t2*33-,39+/m11/s1. The largest absolute Gasteiger partial charge is 0.415 e. The van der Waals surface area contributed by atoms with Gasteiger partial charge in [0.1, 0.15) is 22.9 Å². The van der Waals surface area contributed by atoms with Crippen molar-refractivity contribution >= 4 is 200 Å². The number of piperazine rings is 2. The molecule has 752 valence electrons. The summed E-state index contributed by atoms with van der Waals surface area (Å²) in [5, 5.41) is 33.6. The van der Waals surface area contributed by atoms with Crippen LogP contribution in [0.4, 0.5) is 53.3 Å². The number of nitrogens with two attached hydrogens (primary N) is 2. The van der Waals surface area contributed by atoms with Crippen LogP contribution in [0, 0.1) is 0 Å². The van der Waals surface area contributed by atoms with Crippen LogP contribution < -0.4 is 83.9 Å². The minimum absolute atomic E-state index is 0.0191. The summed E-state index contributed by atoms with van der Waals surface area (Å²) in [5.41, 5.74) is 18.1. The lowest BCUT2D eigenvalue weighted by Crippen LogP contribution is -2.48. The summed E-state index contributed by atoms with van der Waals surface area (Å²) < 4.78 is 12.1. The van der Waals surface area contributed by atoms with E-state index in [0.29, 0.717) is 173 Å². The number of nitrogens with zero attached hydrogens (tertiary/aromatic N) is 8. The number of halogens is 2. The Morgan fingerprint density at radius 3 is 1.19 bits per heavy atom. The molecule has 0 bridgehead atoms. The van der Waals surface area contributed by atoms with E-state index < -0.39 is 71.8 Å². The van der Waals surface area contributed by atoms with Crippen molar-refractivity contribution in [3.05, 3.63) is 216 Å². The van der Waals surface area contributed by atoms with Crippen molar-refractivity contribution in [2.45, 2.75) is 75.3 Å². The van der Waals surface area contributed by atoms with E-state index in [-0.39, 0.29) is 118 Å². The van der Waals surface area contributed by atoms with Crippen molar-refractivity contribution < 1.29 is 86.2 Å². The Bertz CT molecular complexity index is 6230. The van der Waals surface area contributed by atoms with E-state index in [2.05, 4.69) is 88.9 Å². The number of hydrogen-bond acceptors (Lipinski definition) is 22. The highest BCUT2D eigenvalue weighted by molar-refractivity contribution is 9.09. The van der Waals surface area contributed by atoms with Gasteiger partial charge in [-0.1, -0.05) is 64.5 Å². The summed E-state index contributed by atoms with van der Waals surface area (Å²) in [4.78, 5) is 223. The Morgan fingerprint density at radius 1 is 0.431 bits per heavy atom. The van der Waals surface area contributed by atoms with Gasteiger partial charge in [-0.25, -0.2) is 19.2 Å². The molecule has 8 aromatic carbocycles. The van der Waals surface area contributed by atoms with Gasteiger partial charge in [0.05, 0.1) is 23.5 Å². The molecule has 8 heterocycles. The second-order valence-electron chi connectivity index (χ2n) is 35.7. The maximum Gasteiger partial charge on any atom is 0.415 e. The van der Waals surface area contributed by atoms with E-state index in [9.17, 15) is 76.7 Å². The van der Waals surface area contributed by atoms with Crippen LogP contribution in [0.25, 0.3) is 43.4 Å². The summed E-state index contributed by atoms with van der Waals surface area (Å²) in [6.45, 7) is 7.58. The number of H-pyrrole nitrogens is 2. The lowest BCUT2D eigenvalue weighted by atomic mass is 9.95. The second kappa shape index (κ2) is 47.9. The Kier molecular flexibility index (Phi) is 34.2. The van der Waals surface area contributed by atoms with Gasteiger partial charge in [-0.3, -0.25) is 67.3 Å². The quantitative estimate of drug-likeness (QED) is 0.00974. The van der Waals surface area contributed by atoms with E-state index in [0.717, 1.165) is 68.7 Å². The van der Waals surface area contributed by atoms with Crippen molar-refractivity contribution in [3.8, 4) is 11.5 Å². The van der Waals surface area contributed by atoms with E-state index in [1.807, 2.05) is 62.6 Å².